The number of benzene rings is 1. The lowest BCUT2D eigenvalue weighted by Crippen LogP contribution is -2.40. The van der Waals surface area contributed by atoms with E-state index in [2.05, 4.69) is 32.3 Å². The summed E-state index contributed by atoms with van der Waals surface area (Å²) in [5.41, 5.74) is 4.84. The number of imidazole rings is 1. The van der Waals surface area contributed by atoms with Crippen molar-refractivity contribution >= 4 is 11.9 Å². The van der Waals surface area contributed by atoms with Crippen molar-refractivity contribution in [1.82, 2.24) is 24.3 Å². The number of pyridine rings is 1. The number of fused-ring (bicyclic) bond motifs is 1. The van der Waals surface area contributed by atoms with Crippen molar-refractivity contribution in [3.8, 4) is 11.8 Å². The second-order valence-corrected chi connectivity index (χ2v) is 10.1. The number of anilines is 1. The Kier molecular flexibility index (Phi) is 7.79. The zero-order valence-electron chi connectivity index (χ0n) is 22.7. The first kappa shape index (κ1) is 26.6. The highest BCUT2D eigenvalue weighted by Gasteiger charge is 2.32. The lowest BCUT2D eigenvalue weighted by molar-refractivity contribution is 0.0667. The number of nitrogens with zero attached hydrogens (tertiary/aromatic N) is 6. The predicted molar refractivity (Wildman–Crippen MR) is 145 cm³/mol. The van der Waals surface area contributed by atoms with Crippen molar-refractivity contribution in [2.75, 3.05) is 38.6 Å². The van der Waals surface area contributed by atoms with Crippen LogP contribution >= 0.6 is 0 Å². The van der Waals surface area contributed by atoms with Crippen molar-refractivity contribution in [2.24, 2.45) is 0 Å². The summed E-state index contributed by atoms with van der Waals surface area (Å²) in [7, 11) is 1.83. The number of halogens is 1. The summed E-state index contributed by atoms with van der Waals surface area (Å²) in [5.74, 6) is 1.16. The Hall–Kier alpha value is -3.97. The molecule has 3 aromatic rings. The van der Waals surface area contributed by atoms with Gasteiger partial charge in [-0.05, 0) is 49.4 Å². The van der Waals surface area contributed by atoms with Crippen LogP contribution in [0.2, 0.25) is 0 Å². The van der Waals surface area contributed by atoms with Crippen LogP contribution in [-0.4, -0.2) is 69.7 Å². The number of nitriles is 1. The number of ether oxygens (including phenoxy) is 1. The maximum atomic E-state index is 14.0. The van der Waals surface area contributed by atoms with Gasteiger partial charge in [-0.3, -0.25) is 14.7 Å². The van der Waals surface area contributed by atoms with E-state index >= 15 is 0 Å². The second kappa shape index (κ2) is 11.4. The average molecular weight is 532 g/mol. The van der Waals surface area contributed by atoms with E-state index < -0.39 is 6.17 Å². The van der Waals surface area contributed by atoms with Gasteiger partial charge in [0.1, 0.15) is 23.6 Å². The average Bonchev–Trinajstić information content (AvgIpc) is 3.57. The molecule has 0 spiro atoms. The van der Waals surface area contributed by atoms with Gasteiger partial charge in [-0.15, -0.1) is 0 Å². The maximum absolute atomic E-state index is 14.0. The number of carbonyl (C=O) groups is 1. The van der Waals surface area contributed by atoms with Crippen molar-refractivity contribution in [3.05, 3.63) is 70.3 Å². The lowest BCUT2D eigenvalue weighted by atomic mass is 9.90. The Bertz CT molecular complexity index is 1400. The summed E-state index contributed by atoms with van der Waals surface area (Å²) in [6, 6.07) is 7.71. The molecule has 1 fully saturated rings. The third kappa shape index (κ3) is 5.45. The fraction of sp³-hybridized carbons (Fsp3) is 0.448. The smallest absolute Gasteiger partial charge is 0.254 e. The monoisotopic (exact) mass is 531 g/mol. The van der Waals surface area contributed by atoms with E-state index in [4.69, 9.17) is 4.74 Å². The molecule has 2 aromatic heterocycles. The molecule has 1 saturated heterocycles. The molecule has 2 atom stereocenters. The van der Waals surface area contributed by atoms with Crippen LogP contribution in [0, 0.1) is 11.3 Å². The van der Waals surface area contributed by atoms with Crippen LogP contribution in [0.5, 0.6) is 5.75 Å². The summed E-state index contributed by atoms with van der Waals surface area (Å²) in [6.45, 7) is 7.11. The molecule has 2 aliphatic rings. The first-order valence-corrected chi connectivity index (χ1v) is 13.5. The zero-order valence-corrected chi connectivity index (χ0v) is 22.7. The van der Waals surface area contributed by atoms with Gasteiger partial charge in [-0.2, -0.15) is 5.26 Å². The van der Waals surface area contributed by atoms with Crippen LogP contribution in [0.1, 0.15) is 64.6 Å². The molecule has 1 aromatic carbocycles. The highest BCUT2D eigenvalue weighted by Crippen LogP contribution is 2.33. The molecular weight excluding hydrogens is 497 g/mol. The van der Waals surface area contributed by atoms with Gasteiger partial charge in [-0.1, -0.05) is 6.07 Å². The van der Waals surface area contributed by atoms with Crippen LogP contribution in [-0.2, 0) is 19.5 Å². The van der Waals surface area contributed by atoms with Crippen LogP contribution in [0.3, 0.4) is 0 Å². The molecule has 0 unspecified atom stereocenters. The number of hydrogen-bond donors (Lipinski definition) is 1. The van der Waals surface area contributed by atoms with Gasteiger partial charge in [0.05, 0.1) is 24.9 Å². The van der Waals surface area contributed by atoms with Crippen LogP contribution < -0.4 is 10.1 Å². The van der Waals surface area contributed by atoms with Gasteiger partial charge in [0, 0.05) is 63.4 Å². The Morgan fingerprint density at radius 1 is 1.26 bits per heavy atom. The summed E-state index contributed by atoms with van der Waals surface area (Å²) in [6.07, 6.45) is 5.61. The first-order valence-electron chi connectivity index (χ1n) is 13.5. The van der Waals surface area contributed by atoms with E-state index in [9.17, 15) is 14.4 Å². The van der Waals surface area contributed by atoms with E-state index in [1.807, 2.05) is 42.6 Å². The Labute approximate surface area is 228 Å². The molecule has 0 aliphatic carbocycles. The minimum Gasteiger partial charge on any atom is -0.492 e. The Balaban J connectivity index is 1.48. The molecule has 39 heavy (non-hydrogen) atoms. The van der Waals surface area contributed by atoms with Gasteiger partial charge < -0.3 is 19.5 Å². The van der Waals surface area contributed by atoms with E-state index in [0.29, 0.717) is 68.2 Å². The molecule has 0 bridgehead atoms. The standard InChI is InChI=1S/C29H34FN7O2/c1-4-39-27-13-26(34-15-22(27)14-31)19(2)37-9-6-24-21(17-35-8-5-23(30)18-35)11-20(12-25(24)28(37)38)16-36-10-7-33-29(36)32-3/h7,10-13,15,19,23H,4-6,8-9,16-18H2,1-3H3,(H,32,33)/t19-,23+/m0/s1. The fourth-order valence-corrected chi connectivity index (χ4v) is 5.61. The lowest BCUT2D eigenvalue weighted by Gasteiger charge is -2.35. The van der Waals surface area contributed by atoms with Gasteiger partial charge in [0.2, 0.25) is 5.95 Å². The van der Waals surface area contributed by atoms with Crippen molar-refractivity contribution in [3.63, 3.8) is 0 Å². The number of alkyl halides is 1. The third-order valence-electron chi connectivity index (χ3n) is 7.60. The van der Waals surface area contributed by atoms with Gasteiger partial charge in [0.25, 0.3) is 5.91 Å². The number of likely N-dealkylation sites (tertiary alicyclic amines) is 1. The maximum Gasteiger partial charge on any atom is 0.254 e. The normalized spacial score (nSPS) is 18.1. The summed E-state index contributed by atoms with van der Waals surface area (Å²) >= 11 is 0. The minimum absolute atomic E-state index is 0.0553. The van der Waals surface area contributed by atoms with Crippen molar-refractivity contribution < 1.29 is 13.9 Å². The molecule has 2 aliphatic heterocycles. The SMILES string of the molecule is CCOc1cc([C@H](C)N2CCc3c(CN4CC[C@@H](F)C4)cc(Cn4ccnc4NC)cc3C2=O)ncc1C#N. The molecular formula is C29H34FN7O2. The second-order valence-electron chi connectivity index (χ2n) is 10.1. The Morgan fingerprint density at radius 2 is 2.10 bits per heavy atom. The Morgan fingerprint density at radius 3 is 2.82 bits per heavy atom. The van der Waals surface area contributed by atoms with Gasteiger partial charge in [0.15, 0.2) is 0 Å². The summed E-state index contributed by atoms with van der Waals surface area (Å²) in [5, 5.41) is 12.5. The largest absolute Gasteiger partial charge is 0.492 e. The molecule has 1 N–H and O–H groups in total. The van der Waals surface area contributed by atoms with Gasteiger partial charge >= 0.3 is 0 Å². The number of aromatic nitrogens is 3. The summed E-state index contributed by atoms with van der Waals surface area (Å²) in [4.78, 5) is 26.8. The van der Waals surface area contributed by atoms with E-state index in [0.717, 1.165) is 29.2 Å². The number of carbonyl (C=O) groups excluding carboxylic acids is 1. The molecule has 1 amide bonds. The van der Waals surface area contributed by atoms with Crippen molar-refractivity contribution in [1.29, 1.82) is 5.26 Å². The molecule has 0 saturated carbocycles. The number of hydrogen-bond acceptors (Lipinski definition) is 7. The van der Waals surface area contributed by atoms with Crippen LogP contribution in [0.25, 0.3) is 0 Å². The molecule has 204 valence electrons. The number of nitrogens with one attached hydrogen (secondary N) is 1. The molecule has 4 heterocycles. The molecule has 0 radical (unpaired) electrons. The quantitative estimate of drug-likeness (QED) is 0.447. The highest BCUT2D eigenvalue weighted by atomic mass is 19.1. The minimum atomic E-state index is -0.799. The van der Waals surface area contributed by atoms with Crippen molar-refractivity contribution in [2.45, 2.75) is 52.0 Å². The van der Waals surface area contributed by atoms with Gasteiger partial charge in [-0.25, -0.2) is 9.37 Å². The van der Waals surface area contributed by atoms with Crippen LogP contribution in [0.15, 0.2) is 36.8 Å². The van der Waals surface area contributed by atoms with E-state index in [-0.39, 0.29) is 11.9 Å². The van der Waals surface area contributed by atoms with Crippen LogP contribution in [0.4, 0.5) is 10.3 Å². The topological polar surface area (TPSA) is 99.3 Å². The fourth-order valence-electron chi connectivity index (χ4n) is 5.61. The number of amides is 1. The highest BCUT2D eigenvalue weighted by molar-refractivity contribution is 5.97. The number of rotatable bonds is 9. The molecule has 10 heteroatoms. The van der Waals surface area contributed by atoms with E-state index in [1.54, 1.807) is 12.3 Å². The third-order valence-corrected chi connectivity index (χ3v) is 7.60. The predicted octanol–water partition coefficient (Wildman–Crippen LogP) is 3.94. The molecule has 9 nitrogen and oxygen atoms in total. The molecule has 5 rings (SSSR count). The summed E-state index contributed by atoms with van der Waals surface area (Å²) < 4.78 is 21.6. The first-order chi connectivity index (χ1) is 18.9. The van der Waals surface area contributed by atoms with E-state index in [1.165, 1.54) is 6.20 Å². The zero-order chi connectivity index (χ0) is 27.5.